The van der Waals surface area contributed by atoms with Crippen LogP contribution in [0.2, 0.25) is 0 Å². The molecule has 0 bridgehead atoms. The van der Waals surface area contributed by atoms with Gasteiger partial charge < -0.3 is 38.3 Å². The lowest BCUT2D eigenvalue weighted by Crippen LogP contribution is -2.57. The van der Waals surface area contributed by atoms with E-state index in [0.29, 0.717) is 0 Å². The number of carbonyl (C=O) groups is 6. The number of amides is 5. The zero-order valence-electron chi connectivity index (χ0n) is 15.7. The Bertz CT molecular complexity index is 657. The normalized spacial score (nSPS) is 14.6. The molecule has 0 heterocycles. The molecular weight excluding hydrogens is 408 g/mol. The molecule has 4 atom stereocenters. The Morgan fingerprint density at radius 3 is 1.76 bits per heavy atom. The summed E-state index contributed by atoms with van der Waals surface area (Å²) in [4.78, 5) is 69.9. The number of thiol groups is 1. The Labute approximate surface area is 171 Å². The van der Waals surface area contributed by atoms with Crippen LogP contribution in [0.5, 0.6) is 0 Å². The van der Waals surface area contributed by atoms with E-state index in [1.165, 1.54) is 6.92 Å². The van der Waals surface area contributed by atoms with Gasteiger partial charge in [0.25, 0.3) is 0 Å². The molecule has 164 valence electrons. The predicted molar refractivity (Wildman–Crippen MR) is 103 cm³/mol. The van der Waals surface area contributed by atoms with Crippen LogP contribution in [0, 0.1) is 0 Å². The summed E-state index contributed by atoms with van der Waals surface area (Å²) in [6.45, 7) is 1.35. The quantitative estimate of drug-likeness (QED) is 0.132. The summed E-state index contributed by atoms with van der Waals surface area (Å²) in [5.41, 5.74) is 15.5. The van der Waals surface area contributed by atoms with Crippen molar-refractivity contribution in [2.24, 2.45) is 17.2 Å². The van der Waals surface area contributed by atoms with Gasteiger partial charge in [-0.2, -0.15) is 12.6 Å². The van der Waals surface area contributed by atoms with Gasteiger partial charge in [0.05, 0.1) is 12.5 Å². The predicted octanol–water partition coefficient (Wildman–Crippen LogP) is -4.06. The van der Waals surface area contributed by atoms with Crippen molar-refractivity contribution in [3.05, 3.63) is 0 Å². The minimum Gasteiger partial charge on any atom is -0.480 e. The molecule has 4 unspecified atom stereocenters. The maximum absolute atomic E-state index is 12.5. The highest BCUT2D eigenvalue weighted by Crippen LogP contribution is 2.02. The minimum absolute atomic E-state index is 0.230. The number of carboxylic acid groups (broad SMARTS) is 1. The van der Waals surface area contributed by atoms with E-state index in [1.54, 1.807) is 0 Å². The van der Waals surface area contributed by atoms with E-state index in [4.69, 9.17) is 22.3 Å². The van der Waals surface area contributed by atoms with Crippen LogP contribution in [0.15, 0.2) is 0 Å². The van der Waals surface area contributed by atoms with Crippen molar-refractivity contribution in [1.82, 2.24) is 16.0 Å². The van der Waals surface area contributed by atoms with Crippen molar-refractivity contribution in [3.8, 4) is 0 Å². The molecule has 0 saturated heterocycles. The van der Waals surface area contributed by atoms with Gasteiger partial charge in [0, 0.05) is 12.2 Å². The fourth-order valence-corrected chi connectivity index (χ4v) is 2.25. The largest absolute Gasteiger partial charge is 0.480 e. The van der Waals surface area contributed by atoms with E-state index in [1.807, 2.05) is 0 Å². The van der Waals surface area contributed by atoms with E-state index in [9.17, 15) is 28.8 Å². The van der Waals surface area contributed by atoms with E-state index >= 15 is 0 Å². The molecule has 0 aliphatic heterocycles. The van der Waals surface area contributed by atoms with Crippen molar-refractivity contribution in [2.45, 2.75) is 50.4 Å². The molecule has 10 N–H and O–H groups in total. The van der Waals surface area contributed by atoms with Crippen molar-refractivity contribution in [1.29, 1.82) is 0 Å². The molecule has 0 aromatic heterocycles. The smallest absolute Gasteiger partial charge is 0.327 e. The Hall–Kier alpha value is -2.87. The second-order valence-corrected chi connectivity index (χ2v) is 6.53. The van der Waals surface area contributed by atoms with E-state index in [2.05, 4.69) is 28.6 Å². The molecule has 29 heavy (non-hydrogen) atoms. The summed E-state index contributed by atoms with van der Waals surface area (Å²) in [6, 6.07) is -5.15. The Morgan fingerprint density at radius 1 is 0.862 bits per heavy atom. The maximum atomic E-state index is 12.5. The molecule has 0 spiro atoms. The highest BCUT2D eigenvalue weighted by Gasteiger charge is 2.30. The summed E-state index contributed by atoms with van der Waals surface area (Å²) in [6.07, 6.45) is -1.14. The zero-order chi connectivity index (χ0) is 22.7. The average molecular weight is 434 g/mol. The minimum atomic E-state index is -1.44. The first-order valence-corrected chi connectivity index (χ1v) is 9.09. The van der Waals surface area contributed by atoms with Gasteiger partial charge in [0.15, 0.2) is 0 Å². The number of aliphatic carboxylic acids is 1. The topological polar surface area (TPSA) is 237 Å². The molecule has 0 aliphatic rings. The van der Waals surface area contributed by atoms with Crippen LogP contribution in [0.4, 0.5) is 0 Å². The summed E-state index contributed by atoms with van der Waals surface area (Å²) in [7, 11) is 0. The number of carbonyl (C=O) groups excluding carboxylic acids is 5. The van der Waals surface area contributed by atoms with Gasteiger partial charge in [-0.05, 0) is 13.3 Å². The Morgan fingerprint density at radius 2 is 1.34 bits per heavy atom. The molecule has 0 aliphatic carbocycles. The summed E-state index contributed by atoms with van der Waals surface area (Å²) >= 11 is 3.81. The molecular formula is C15H26N6O7S. The molecule has 0 saturated carbocycles. The van der Waals surface area contributed by atoms with Gasteiger partial charge in [-0.25, -0.2) is 4.79 Å². The van der Waals surface area contributed by atoms with E-state index < -0.39 is 66.1 Å². The molecule has 13 nitrogen and oxygen atoms in total. The SMILES string of the molecule is CC(N)C(=O)NC(CC(N)=O)C(=O)NC(CCC(N)=O)C(=O)NC(CS)C(=O)O. The lowest BCUT2D eigenvalue weighted by atomic mass is 10.1. The van der Waals surface area contributed by atoms with Gasteiger partial charge in [0.2, 0.25) is 29.5 Å². The average Bonchev–Trinajstić information content (AvgIpc) is 2.60. The fourth-order valence-electron chi connectivity index (χ4n) is 2.00. The van der Waals surface area contributed by atoms with Gasteiger partial charge in [-0.3, -0.25) is 24.0 Å². The fraction of sp³-hybridized carbons (Fsp3) is 0.600. The van der Waals surface area contributed by atoms with Crippen molar-refractivity contribution >= 4 is 48.1 Å². The monoisotopic (exact) mass is 434 g/mol. The van der Waals surface area contributed by atoms with Gasteiger partial charge in [-0.1, -0.05) is 0 Å². The summed E-state index contributed by atoms with van der Waals surface area (Å²) < 4.78 is 0. The van der Waals surface area contributed by atoms with Crippen molar-refractivity contribution in [3.63, 3.8) is 0 Å². The van der Waals surface area contributed by atoms with Crippen LogP contribution >= 0.6 is 12.6 Å². The molecule has 0 radical (unpaired) electrons. The van der Waals surface area contributed by atoms with Crippen LogP contribution in [-0.4, -0.2) is 70.5 Å². The van der Waals surface area contributed by atoms with Crippen LogP contribution in [0.3, 0.4) is 0 Å². The van der Waals surface area contributed by atoms with Crippen LogP contribution in [0.25, 0.3) is 0 Å². The Balaban J connectivity index is 5.42. The molecule has 0 aromatic rings. The molecule has 0 rings (SSSR count). The number of nitrogens with two attached hydrogens (primary N) is 3. The van der Waals surface area contributed by atoms with Crippen LogP contribution in [-0.2, 0) is 28.8 Å². The van der Waals surface area contributed by atoms with E-state index in [0.717, 1.165) is 0 Å². The van der Waals surface area contributed by atoms with Gasteiger partial charge in [-0.15, -0.1) is 0 Å². The third-order valence-electron chi connectivity index (χ3n) is 3.56. The second kappa shape index (κ2) is 12.6. The highest BCUT2D eigenvalue weighted by atomic mass is 32.1. The first-order valence-electron chi connectivity index (χ1n) is 8.46. The number of primary amides is 2. The highest BCUT2D eigenvalue weighted by molar-refractivity contribution is 7.80. The van der Waals surface area contributed by atoms with Crippen molar-refractivity contribution in [2.75, 3.05) is 5.75 Å². The van der Waals surface area contributed by atoms with E-state index in [-0.39, 0.29) is 18.6 Å². The first-order chi connectivity index (χ1) is 13.4. The van der Waals surface area contributed by atoms with Crippen LogP contribution in [0.1, 0.15) is 26.2 Å². The standard InChI is InChI=1S/C15H26N6O7S/c1-6(16)12(24)20-8(4-11(18)23)14(26)19-7(2-3-10(17)22)13(25)21-9(5-29)15(27)28/h6-9,29H,2-5,16H2,1H3,(H2,17,22)(H2,18,23)(H,19,26)(H,20,24)(H,21,25)(H,27,28). The third kappa shape index (κ3) is 10.3. The second-order valence-electron chi connectivity index (χ2n) is 6.17. The molecule has 5 amide bonds. The summed E-state index contributed by atoms with van der Waals surface area (Å²) in [5.74, 6) is -5.88. The lowest BCUT2D eigenvalue weighted by molar-refractivity contribution is -0.142. The number of rotatable bonds is 13. The number of carboxylic acids is 1. The number of hydrogen-bond donors (Lipinski definition) is 8. The molecule has 0 fully saturated rings. The third-order valence-corrected chi connectivity index (χ3v) is 3.93. The summed E-state index contributed by atoms with van der Waals surface area (Å²) in [5, 5.41) is 15.6. The molecule has 0 aromatic carbocycles. The lowest BCUT2D eigenvalue weighted by Gasteiger charge is -2.24. The van der Waals surface area contributed by atoms with Crippen molar-refractivity contribution < 1.29 is 33.9 Å². The number of nitrogens with one attached hydrogen (secondary N) is 3. The zero-order valence-corrected chi connectivity index (χ0v) is 16.6. The Kier molecular flexibility index (Phi) is 11.3. The number of hydrogen-bond acceptors (Lipinski definition) is 8. The first kappa shape index (κ1) is 26.1. The maximum Gasteiger partial charge on any atom is 0.327 e. The molecule has 14 heteroatoms. The van der Waals surface area contributed by atoms with Gasteiger partial charge >= 0.3 is 5.97 Å². The van der Waals surface area contributed by atoms with Gasteiger partial charge in [0.1, 0.15) is 18.1 Å². The van der Waals surface area contributed by atoms with Crippen LogP contribution < -0.4 is 33.2 Å².